The number of para-hydroxylation sites is 1. The number of hydrogen-bond donors (Lipinski definition) is 2. The van der Waals surface area contributed by atoms with Gasteiger partial charge in [-0.15, -0.1) is 0 Å². The van der Waals surface area contributed by atoms with Crippen LogP contribution in [0, 0.1) is 6.92 Å². The molecule has 0 aliphatic rings. The number of nitrogens with zero attached hydrogens (tertiary/aromatic N) is 2. The van der Waals surface area contributed by atoms with E-state index in [-0.39, 0.29) is 19.1 Å². The van der Waals surface area contributed by atoms with Crippen LogP contribution in [0.5, 0.6) is 5.75 Å². The zero-order chi connectivity index (χ0) is 16.7. The summed E-state index contributed by atoms with van der Waals surface area (Å²) in [6.45, 7) is 3.99. The fourth-order valence-electron chi connectivity index (χ4n) is 1.84. The molecule has 122 valence electrons. The zero-order valence-corrected chi connectivity index (χ0v) is 13.0. The minimum Gasteiger partial charge on any atom is -0.485 e. The molecule has 1 aromatic heterocycles. The van der Waals surface area contributed by atoms with Crippen LogP contribution in [-0.4, -0.2) is 35.0 Å². The third-order valence-corrected chi connectivity index (χ3v) is 2.84. The number of rotatable bonds is 7. The molecule has 0 radical (unpaired) electrons. The molecule has 0 aliphatic heterocycles. The van der Waals surface area contributed by atoms with Crippen LogP contribution in [0.3, 0.4) is 0 Å². The molecule has 8 nitrogen and oxygen atoms in total. The Bertz CT molecular complexity index is 684. The van der Waals surface area contributed by atoms with Crippen molar-refractivity contribution in [1.82, 2.24) is 20.8 Å². The van der Waals surface area contributed by atoms with Gasteiger partial charge in [-0.1, -0.05) is 17.3 Å². The van der Waals surface area contributed by atoms with E-state index in [1.54, 1.807) is 31.2 Å². The lowest BCUT2D eigenvalue weighted by Crippen LogP contribution is -2.36. The summed E-state index contributed by atoms with van der Waals surface area (Å²) in [5.74, 6) is 0.567. The van der Waals surface area contributed by atoms with Crippen molar-refractivity contribution < 1.29 is 18.8 Å². The highest BCUT2D eigenvalue weighted by Gasteiger charge is 2.14. The topological polar surface area (TPSA) is 106 Å². The molecule has 23 heavy (non-hydrogen) atoms. The van der Waals surface area contributed by atoms with Crippen molar-refractivity contribution in [3.63, 3.8) is 0 Å². The number of benzene rings is 1. The highest BCUT2D eigenvalue weighted by Crippen LogP contribution is 2.18. The fraction of sp³-hybridized carbons (Fsp3) is 0.333. The van der Waals surface area contributed by atoms with E-state index in [9.17, 15) is 9.59 Å². The van der Waals surface area contributed by atoms with Crippen molar-refractivity contribution in [2.45, 2.75) is 20.5 Å². The van der Waals surface area contributed by atoms with E-state index in [4.69, 9.17) is 9.26 Å². The molecule has 0 saturated heterocycles. The maximum Gasteiger partial charge on any atom is 0.255 e. The molecule has 1 heterocycles. The zero-order valence-electron chi connectivity index (χ0n) is 13.0. The van der Waals surface area contributed by atoms with Gasteiger partial charge in [-0.2, -0.15) is 4.98 Å². The van der Waals surface area contributed by atoms with E-state index >= 15 is 0 Å². The number of likely N-dealkylation sites (N-methyl/N-ethyl adjacent to an activating group) is 1. The van der Waals surface area contributed by atoms with Crippen molar-refractivity contribution in [1.29, 1.82) is 0 Å². The molecule has 2 aromatic rings. The summed E-state index contributed by atoms with van der Waals surface area (Å²) < 4.78 is 10.4. The second kappa shape index (κ2) is 7.92. The minimum atomic E-state index is -0.392. The normalized spacial score (nSPS) is 10.2. The Labute approximate surface area is 133 Å². The SMILES string of the molecule is CCNC(=O)CNC(=O)c1ccccc1OCc1noc(C)n1. The van der Waals surface area contributed by atoms with Crippen LogP contribution >= 0.6 is 0 Å². The van der Waals surface area contributed by atoms with Gasteiger partial charge in [0.05, 0.1) is 12.1 Å². The number of carbonyl (C=O) groups excluding carboxylic acids is 2. The first kappa shape index (κ1) is 16.5. The standard InChI is InChI=1S/C15H18N4O4/c1-3-16-14(20)8-17-15(21)11-6-4-5-7-12(11)22-9-13-18-10(2)23-19-13/h4-7H,3,8-9H2,1-2H3,(H,16,20)(H,17,21). The first-order chi connectivity index (χ1) is 11.1. The molecule has 2 rings (SSSR count). The first-order valence-electron chi connectivity index (χ1n) is 7.16. The smallest absolute Gasteiger partial charge is 0.255 e. The van der Waals surface area contributed by atoms with Crippen molar-refractivity contribution >= 4 is 11.8 Å². The largest absolute Gasteiger partial charge is 0.485 e. The summed E-state index contributed by atoms with van der Waals surface area (Å²) in [6, 6.07) is 6.74. The molecule has 8 heteroatoms. The van der Waals surface area contributed by atoms with Crippen LogP contribution in [0.1, 0.15) is 29.0 Å². The van der Waals surface area contributed by atoms with Crippen LogP contribution in [0.15, 0.2) is 28.8 Å². The van der Waals surface area contributed by atoms with Gasteiger partial charge in [0.2, 0.25) is 17.6 Å². The van der Waals surface area contributed by atoms with Crippen molar-refractivity contribution in [3.05, 3.63) is 41.5 Å². The van der Waals surface area contributed by atoms with Gasteiger partial charge in [-0.3, -0.25) is 9.59 Å². The van der Waals surface area contributed by atoms with E-state index < -0.39 is 5.91 Å². The van der Waals surface area contributed by atoms with Gasteiger partial charge in [0, 0.05) is 13.5 Å². The van der Waals surface area contributed by atoms with Crippen LogP contribution in [0.4, 0.5) is 0 Å². The van der Waals surface area contributed by atoms with Gasteiger partial charge in [0.15, 0.2) is 6.61 Å². The average molecular weight is 318 g/mol. The van der Waals surface area contributed by atoms with Gasteiger partial charge in [0.1, 0.15) is 5.75 Å². The highest BCUT2D eigenvalue weighted by atomic mass is 16.5. The minimum absolute atomic E-state index is 0.0813. The number of aromatic nitrogens is 2. The molecule has 1 aromatic carbocycles. The van der Waals surface area contributed by atoms with Crippen molar-refractivity contribution in [2.75, 3.05) is 13.1 Å². The van der Waals surface area contributed by atoms with Gasteiger partial charge in [-0.25, -0.2) is 0 Å². The molecule has 0 spiro atoms. The lowest BCUT2D eigenvalue weighted by Gasteiger charge is -2.10. The lowest BCUT2D eigenvalue weighted by atomic mass is 10.2. The van der Waals surface area contributed by atoms with Gasteiger partial charge in [-0.05, 0) is 19.1 Å². The van der Waals surface area contributed by atoms with Crippen molar-refractivity contribution in [3.8, 4) is 5.75 Å². The average Bonchev–Trinajstić information content (AvgIpc) is 2.97. The Kier molecular flexibility index (Phi) is 5.67. The second-order valence-electron chi connectivity index (χ2n) is 4.65. The Morgan fingerprint density at radius 2 is 2.04 bits per heavy atom. The Balaban J connectivity index is 1.98. The highest BCUT2D eigenvalue weighted by molar-refractivity contribution is 5.98. The predicted octanol–water partition coefficient (Wildman–Crippen LogP) is 0.823. The molecule has 0 fully saturated rings. The third-order valence-electron chi connectivity index (χ3n) is 2.84. The monoisotopic (exact) mass is 318 g/mol. The summed E-state index contributed by atoms with van der Waals surface area (Å²) in [5, 5.41) is 8.87. The van der Waals surface area contributed by atoms with E-state index in [1.165, 1.54) is 0 Å². The number of amides is 2. The van der Waals surface area contributed by atoms with Crippen LogP contribution < -0.4 is 15.4 Å². The third kappa shape index (κ3) is 4.80. The quantitative estimate of drug-likeness (QED) is 0.783. The summed E-state index contributed by atoms with van der Waals surface area (Å²) in [6.07, 6.45) is 0. The molecule has 2 amide bonds. The molecule has 0 unspecified atom stereocenters. The van der Waals surface area contributed by atoms with E-state index in [2.05, 4.69) is 20.8 Å². The molecular weight excluding hydrogens is 300 g/mol. The van der Waals surface area contributed by atoms with E-state index in [1.807, 2.05) is 6.92 Å². The van der Waals surface area contributed by atoms with Crippen LogP contribution in [0.2, 0.25) is 0 Å². The Morgan fingerprint density at radius 3 is 2.74 bits per heavy atom. The summed E-state index contributed by atoms with van der Waals surface area (Å²) in [5.41, 5.74) is 0.331. The fourth-order valence-corrected chi connectivity index (χ4v) is 1.84. The number of carbonyl (C=O) groups is 2. The molecule has 0 atom stereocenters. The maximum atomic E-state index is 12.2. The predicted molar refractivity (Wildman–Crippen MR) is 80.8 cm³/mol. The number of hydrogen-bond acceptors (Lipinski definition) is 6. The summed E-state index contributed by atoms with van der Waals surface area (Å²) in [7, 11) is 0. The second-order valence-corrected chi connectivity index (χ2v) is 4.65. The maximum absolute atomic E-state index is 12.2. The van der Waals surface area contributed by atoms with Crippen LogP contribution in [0.25, 0.3) is 0 Å². The Morgan fingerprint density at radius 1 is 1.26 bits per heavy atom. The summed E-state index contributed by atoms with van der Waals surface area (Å²) >= 11 is 0. The van der Waals surface area contributed by atoms with Gasteiger partial charge >= 0.3 is 0 Å². The number of aryl methyl sites for hydroxylation is 1. The molecule has 2 N–H and O–H groups in total. The van der Waals surface area contributed by atoms with E-state index in [0.29, 0.717) is 29.6 Å². The first-order valence-corrected chi connectivity index (χ1v) is 7.16. The lowest BCUT2D eigenvalue weighted by molar-refractivity contribution is -0.120. The molecule has 0 saturated carbocycles. The molecular formula is C15H18N4O4. The molecule has 0 aliphatic carbocycles. The Hall–Kier alpha value is -2.90. The summed E-state index contributed by atoms with van der Waals surface area (Å²) in [4.78, 5) is 27.6. The van der Waals surface area contributed by atoms with Crippen LogP contribution in [-0.2, 0) is 11.4 Å². The van der Waals surface area contributed by atoms with Gasteiger partial charge < -0.3 is 19.9 Å². The number of nitrogens with one attached hydrogen (secondary N) is 2. The van der Waals surface area contributed by atoms with Gasteiger partial charge in [0.25, 0.3) is 5.91 Å². The number of ether oxygens (including phenoxy) is 1. The van der Waals surface area contributed by atoms with E-state index in [0.717, 1.165) is 0 Å². The molecule has 0 bridgehead atoms. The van der Waals surface area contributed by atoms with Crippen molar-refractivity contribution in [2.24, 2.45) is 0 Å².